The van der Waals surface area contributed by atoms with Crippen molar-refractivity contribution in [3.63, 3.8) is 0 Å². The molecule has 0 fully saturated rings. The largest absolute Gasteiger partial charge is 1.00 e. The molecule has 0 unspecified atom stereocenters. The molecule has 68 heavy (non-hydrogen) atoms. The van der Waals surface area contributed by atoms with E-state index >= 15 is 0 Å². The minimum Gasteiger partial charge on any atom is -1.00 e. The van der Waals surface area contributed by atoms with Gasteiger partial charge in [0.05, 0.1) is 35.0 Å². The van der Waals surface area contributed by atoms with Crippen LogP contribution in [0, 0.1) is 0 Å². The van der Waals surface area contributed by atoms with Crippen molar-refractivity contribution in [2.45, 2.75) is 47.3 Å². The number of halogens is 5. The van der Waals surface area contributed by atoms with Gasteiger partial charge in [0.25, 0.3) is 0 Å². The molecule has 0 saturated heterocycles. The van der Waals surface area contributed by atoms with Gasteiger partial charge in [-0.1, -0.05) is 117 Å². The fraction of sp³-hybridized carbons (Fsp3) is 0.156. The zero-order valence-electron chi connectivity index (χ0n) is 35.2. The summed E-state index contributed by atoms with van der Waals surface area (Å²) in [6.07, 6.45) is 0. The Bertz CT molecular complexity index is 1820. The summed E-state index contributed by atoms with van der Waals surface area (Å²) in [5.74, 6) is -3.85. The van der Waals surface area contributed by atoms with E-state index in [0.29, 0.717) is 0 Å². The Morgan fingerprint density at radius 2 is 0.662 bits per heavy atom. The summed E-state index contributed by atoms with van der Waals surface area (Å²) in [4.78, 5) is 28.9. The Morgan fingerprint density at radius 1 is 0.471 bits per heavy atom. The predicted molar refractivity (Wildman–Crippen MR) is 241 cm³/mol. The van der Waals surface area contributed by atoms with Gasteiger partial charge in [0, 0.05) is 8.41 Å². The molecule has 0 heterocycles. The molecule has 0 aliphatic rings. The normalized spacial score (nSPS) is 10.3. The molecule has 0 aliphatic carbocycles. The number of hydrogen-bond acceptors (Lipinski definition) is 14. The summed E-state index contributed by atoms with van der Waals surface area (Å²) >= 11 is -1.57. The summed E-state index contributed by atoms with van der Waals surface area (Å²) < 4.78 is 63.8. The van der Waals surface area contributed by atoms with Crippen molar-refractivity contribution in [3.8, 4) is 0 Å². The van der Waals surface area contributed by atoms with Crippen molar-refractivity contribution in [1.29, 1.82) is 0 Å². The van der Waals surface area contributed by atoms with E-state index in [0.717, 1.165) is 0 Å². The second-order valence-electron chi connectivity index (χ2n) is 11.7. The quantitative estimate of drug-likeness (QED) is 0.0243. The van der Waals surface area contributed by atoms with Crippen LogP contribution in [0.25, 0.3) is 0 Å². The molecule has 0 amide bonds. The van der Waals surface area contributed by atoms with Gasteiger partial charge < -0.3 is 42.6 Å². The number of aliphatic hydroxyl groups excluding tert-OH is 2. The van der Waals surface area contributed by atoms with Crippen LogP contribution in [0.1, 0.15) is 7.43 Å². The van der Waals surface area contributed by atoms with Crippen LogP contribution < -0.4 is 52.5 Å². The Kier molecular flexibility index (Phi) is 37.4. The van der Waals surface area contributed by atoms with Gasteiger partial charge in [-0.3, -0.25) is 10.1 Å². The zero-order chi connectivity index (χ0) is 46.5. The molecule has 0 saturated carbocycles. The average molecular weight is 1050 g/mol. The number of ether oxygens (including phenoxy) is 2. The molecular weight excluding hydrogens is 1010 g/mol. The number of carbonyl (C=O) groups excluding carboxylic acids is 2. The molecule has 6 rings (SSSR count). The number of esters is 2. The van der Waals surface area contributed by atoms with E-state index < -0.39 is 73.0 Å². The van der Waals surface area contributed by atoms with Crippen LogP contribution in [0.15, 0.2) is 211 Å². The fourth-order valence-corrected chi connectivity index (χ4v) is 9.47. The molecule has 12 nitrogen and oxygen atoms in total. The minimum atomic E-state index is -4.04. The van der Waals surface area contributed by atoms with Gasteiger partial charge in [-0.25, -0.2) is 9.59 Å². The topological polar surface area (TPSA) is 176 Å². The maximum atomic E-state index is 12.4. The van der Waals surface area contributed by atoms with E-state index in [-0.39, 0.29) is 79.6 Å². The van der Waals surface area contributed by atoms with Crippen molar-refractivity contribution in [3.05, 3.63) is 182 Å². The van der Waals surface area contributed by atoms with E-state index in [9.17, 15) is 27.2 Å². The molecule has 6 aromatic rings. The first-order chi connectivity index (χ1) is 31.0. The maximum Gasteiger partial charge on any atom is 1.00 e. The van der Waals surface area contributed by atoms with Crippen LogP contribution in [-0.2, 0) is 59.6 Å². The van der Waals surface area contributed by atoms with Crippen molar-refractivity contribution < 1.29 is 118 Å². The van der Waals surface area contributed by atoms with Gasteiger partial charge in [0.1, 0.15) is 37.3 Å². The van der Waals surface area contributed by atoms with Crippen molar-refractivity contribution >= 4 is 66.2 Å². The second-order valence-corrected chi connectivity index (χ2v) is 17.4. The zero-order valence-corrected chi connectivity index (χ0v) is 41.2. The molecule has 23 heteroatoms. The third kappa shape index (κ3) is 24.3. The number of carbonyl (C=O) groups is 2. The average Bonchev–Trinajstić information content (AvgIpc) is 3.34. The smallest absolute Gasteiger partial charge is 1.00 e. The summed E-state index contributed by atoms with van der Waals surface area (Å²) in [6, 6.07) is 64.3. The predicted octanol–water partition coefficient (Wildman–Crippen LogP) is 1.80. The minimum absolute atomic E-state index is 0. The third-order valence-corrected chi connectivity index (χ3v) is 12.8. The van der Waals surface area contributed by atoms with Gasteiger partial charge in [-0.2, -0.15) is 26.2 Å². The monoisotopic (exact) mass is 1050 g/mol. The number of aliphatic hydroxyl groups is 2. The number of rotatable bonds is 18. The number of hydrogen-bond donors (Lipinski definition) is 2. The van der Waals surface area contributed by atoms with Crippen LogP contribution >= 0.6 is 24.1 Å². The molecule has 0 bridgehead atoms. The molecular formula is C45H44BClF4NaO12S4. The second kappa shape index (κ2) is 38.2. The molecule has 359 valence electrons. The van der Waals surface area contributed by atoms with E-state index in [4.69, 9.17) is 20.7 Å². The fourth-order valence-electron chi connectivity index (χ4n) is 4.78. The van der Waals surface area contributed by atoms with E-state index in [1.807, 2.05) is 0 Å². The van der Waals surface area contributed by atoms with Crippen molar-refractivity contribution in [2.75, 3.05) is 26.4 Å². The summed E-state index contributed by atoms with van der Waals surface area (Å²) in [7, 11) is -0.0293. The van der Waals surface area contributed by atoms with E-state index in [1.165, 1.54) is 29.4 Å². The Morgan fingerprint density at radius 3 is 0.824 bits per heavy atom. The third-order valence-electron chi connectivity index (χ3n) is 7.33. The van der Waals surface area contributed by atoms with Gasteiger partial charge in [0.2, 0.25) is 0 Å². The first kappa shape index (κ1) is 66.5. The molecule has 3 radical (unpaired) electrons. The van der Waals surface area contributed by atoms with Crippen LogP contribution in [0.5, 0.6) is 0 Å². The Labute approximate surface area is 436 Å². The SMILES string of the molecule is C.O=C(OCCO)C(F)(F)SOO[O-].O=C(OCCO)C(F)(F)SOO[O-].[B].[Cl-].[Na+].c1ccc([S+](c2ccccc2)c2ccccc2)cc1.c1ccc([S+](c2ccccc2)c2ccccc2)cc1. The standard InChI is InChI=1S/2C18H15S.2C4H6F2O6S.CH4.B.ClH.Na/c2*1-4-10-16(11-5-1)19(17-12-6-2-7-13-17)18-14-8-3-9-15-18;2*5-4(6,13-12-11-9)3(8)10-2-1-7;;;;/h2*1-15H;2*7,9H,1-2H2;1H4;;1H;/q2*+1;;;;;;+1/p-3. The summed E-state index contributed by atoms with van der Waals surface area (Å²) in [6.45, 7) is -2.28. The number of benzene rings is 6. The Hall–Kier alpha value is -3.59. The maximum absolute atomic E-state index is 12.4. The molecule has 0 atom stereocenters. The Balaban J connectivity index is 0. The van der Waals surface area contributed by atoms with Crippen LogP contribution in [-0.4, -0.2) is 67.5 Å². The first-order valence-electron chi connectivity index (χ1n) is 18.4. The summed E-state index contributed by atoms with van der Waals surface area (Å²) in [5.41, 5.74) is 0. The van der Waals surface area contributed by atoms with Crippen LogP contribution in [0.3, 0.4) is 0 Å². The molecule has 2 N–H and O–H groups in total. The first-order valence-corrected chi connectivity index (χ1v) is 22.3. The molecule has 0 spiro atoms. The summed E-state index contributed by atoms with van der Waals surface area (Å²) in [5, 5.41) is 31.7. The molecule has 6 aromatic carbocycles. The van der Waals surface area contributed by atoms with Gasteiger partial charge in [-0.15, -0.1) is 0 Å². The van der Waals surface area contributed by atoms with Crippen LogP contribution in [0.4, 0.5) is 17.6 Å². The van der Waals surface area contributed by atoms with Crippen molar-refractivity contribution in [2.24, 2.45) is 0 Å². The van der Waals surface area contributed by atoms with Crippen molar-refractivity contribution in [1.82, 2.24) is 0 Å². The van der Waals surface area contributed by atoms with Gasteiger partial charge in [0.15, 0.2) is 29.4 Å². The number of alkyl halides is 4. The van der Waals surface area contributed by atoms with E-state index in [1.54, 1.807) is 0 Å². The van der Waals surface area contributed by atoms with Gasteiger partial charge >= 0.3 is 52.0 Å². The molecule has 0 aromatic heterocycles. The van der Waals surface area contributed by atoms with E-state index in [2.05, 4.69) is 210 Å². The van der Waals surface area contributed by atoms with Gasteiger partial charge in [-0.05, 0) is 72.8 Å². The van der Waals surface area contributed by atoms with Crippen LogP contribution in [0.2, 0.25) is 0 Å². The molecule has 0 aliphatic heterocycles.